The van der Waals surface area contributed by atoms with Crippen molar-refractivity contribution in [1.29, 1.82) is 0 Å². The van der Waals surface area contributed by atoms with Gasteiger partial charge < -0.3 is 9.88 Å². The van der Waals surface area contributed by atoms with Crippen molar-refractivity contribution in [1.82, 2.24) is 9.88 Å². The molecule has 3 aromatic rings. The molecular weight excluding hydrogens is 360 g/mol. The van der Waals surface area contributed by atoms with Gasteiger partial charge in [0, 0.05) is 48.1 Å². The SMILES string of the molecule is Cc1ccc(C(=O)C2CCN(C(=O)CCc3c[nH]c4ccccc34)CC2)c(C)c1. The Labute approximate surface area is 171 Å². The van der Waals surface area contributed by atoms with E-state index in [-0.39, 0.29) is 17.6 Å². The van der Waals surface area contributed by atoms with Crippen LogP contribution < -0.4 is 0 Å². The number of carbonyl (C=O) groups is 2. The summed E-state index contributed by atoms with van der Waals surface area (Å²) < 4.78 is 0. The van der Waals surface area contributed by atoms with Crippen molar-refractivity contribution >= 4 is 22.6 Å². The van der Waals surface area contributed by atoms with Gasteiger partial charge in [0.2, 0.25) is 5.91 Å². The summed E-state index contributed by atoms with van der Waals surface area (Å²) in [5, 5.41) is 1.19. The predicted molar refractivity (Wildman–Crippen MR) is 116 cm³/mol. The van der Waals surface area contributed by atoms with Crippen LogP contribution in [0.5, 0.6) is 0 Å². The molecule has 0 saturated carbocycles. The highest BCUT2D eigenvalue weighted by Gasteiger charge is 2.28. The number of aryl methyl sites for hydroxylation is 3. The van der Waals surface area contributed by atoms with Crippen LogP contribution in [0, 0.1) is 19.8 Å². The molecular formula is C25H28N2O2. The van der Waals surface area contributed by atoms with Gasteiger partial charge in [-0.25, -0.2) is 0 Å². The lowest BCUT2D eigenvalue weighted by Crippen LogP contribution is -2.40. The van der Waals surface area contributed by atoms with Gasteiger partial charge in [0.25, 0.3) is 0 Å². The maximum Gasteiger partial charge on any atom is 0.222 e. The second-order valence-electron chi connectivity index (χ2n) is 8.20. The van der Waals surface area contributed by atoms with E-state index in [0.29, 0.717) is 19.5 Å². The Morgan fingerprint density at radius 1 is 1.07 bits per heavy atom. The molecule has 0 atom stereocenters. The minimum Gasteiger partial charge on any atom is -0.361 e. The maximum absolute atomic E-state index is 12.9. The topological polar surface area (TPSA) is 53.2 Å². The number of H-pyrrole nitrogens is 1. The van der Waals surface area contributed by atoms with E-state index in [1.807, 2.05) is 49.2 Å². The molecule has 1 amide bonds. The molecule has 1 aromatic heterocycles. The molecule has 4 heteroatoms. The molecule has 2 aromatic carbocycles. The van der Waals surface area contributed by atoms with Crippen LogP contribution >= 0.6 is 0 Å². The summed E-state index contributed by atoms with van der Waals surface area (Å²) in [4.78, 5) is 30.8. The minimum atomic E-state index is 0.0223. The smallest absolute Gasteiger partial charge is 0.222 e. The van der Waals surface area contributed by atoms with Crippen molar-refractivity contribution < 1.29 is 9.59 Å². The zero-order valence-electron chi connectivity index (χ0n) is 17.2. The van der Waals surface area contributed by atoms with Crippen molar-refractivity contribution in [2.75, 3.05) is 13.1 Å². The molecule has 2 heterocycles. The molecule has 4 rings (SSSR count). The predicted octanol–water partition coefficient (Wildman–Crippen LogP) is 4.84. The number of carbonyl (C=O) groups excluding carboxylic acids is 2. The molecule has 0 radical (unpaired) electrons. The van der Waals surface area contributed by atoms with Gasteiger partial charge >= 0.3 is 0 Å². The van der Waals surface area contributed by atoms with Gasteiger partial charge in [-0.05, 0) is 50.3 Å². The number of rotatable bonds is 5. The summed E-state index contributed by atoms with van der Waals surface area (Å²) in [6, 6.07) is 14.2. The monoisotopic (exact) mass is 388 g/mol. The molecule has 150 valence electrons. The molecule has 1 aliphatic heterocycles. The Morgan fingerprint density at radius 2 is 1.83 bits per heavy atom. The number of amides is 1. The van der Waals surface area contributed by atoms with Crippen LogP contribution in [-0.4, -0.2) is 34.7 Å². The van der Waals surface area contributed by atoms with Crippen molar-refractivity contribution in [2.45, 2.75) is 39.5 Å². The van der Waals surface area contributed by atoms with Crippen LogP contribution in [0.4, 0.5) is 0 Å². The van der Waals surface area contributed by atoms with Gasteiger partial charge in [-0.3, -0.25) is 9.59 Å². The van der Waals surface area contributed by atoms with Crippen LogP contribution in [-0.2, 0) is 11.2 Å². The highest BCUT2D eigenvalue weighted by atomic mass is 16.2. The minimum absolute atomic E-state index is 0.0223. The standard InChI is InChI=1S/C25H28N2O2/c1-17-7-9-21(18(2)15-17)25(29)19-11-13-27(14-12-19)24(28)10-8-20-16-26-23-6-4-3-5-22(20)23/h3-7,9,15-16,19,26H,8,10-14H2,1-2H3. The van der Waals surface area contributed by atoms with E-state index in [9.17, 15) is 9.59 Å². The second-order valence-corrected chi connectivity index (χ2v) is 8.20. The number of hydrogen-bond acceptors (Lipinski definition) is 2. The number of likely N-dealkylation sites (tertiary alicyclic amines) is 1. The van der Waals surface area contributed by atoms with Crippen LogP contribution in [0.3, 0.4) is 0 Å². The van der Waals surface area contributed by atoms with E-state index < -0.39 is 0 Å². The molecule has 1 saturated heterocycles. The van der Waals surface area contributed by atoms with Gasteiger partial charge in [-0.15, -0.1) is 0 Å². The number of benzene rings is 2. The number of aromatic amines is 1. The molecule has 29 heavy (non-hydrogen) atoms. The number of ketones is 1. The third-order valence-electron chi connectivity index (χ3n) is 6.15. The number of aromatic nitrogens is 1. The number of hydrogen-bond donors (Lipinski definition) is 1. The summed E-state index contributed by atoms with van der Waals surface area (Å²) >= 11 is 0. The summed E-state index contributed by atoms with van der Waals surface area (Å²) in [6.07, 6.45) is 4.77. The number of nitrogens with zero attached hydrogens (tertiary/aromatic N) is 1. The highest BCUT2D eigenvalue weighted by molar-refractivity contribution is 5.99. The van der Waals surface area contributed by atoms with Gasteiger partial charge in [0.15, 0.2) is 5.78 Å². The molecule has 1 N–H and O–H groups in total. The van der Waals surface area contributed by atoms with Crippen LogP contribution in [0.25, 0.3) is 10.9 Å². The maximum atomic E-state index is 12.9. The first-order valence-corrected chi connectivity index (χ1v) is 10.5. The normalized spacial score (nSPS) is 15.0. The fourth-order valence-electron chi connectivity index (χ4n) is 4.44. The summed E-state index contributed by atoms with van der Waals surface area (Å²) in [7, 11) is 0. The first-order chi connectivity index (χ1) is 14.0. The summed E-state index contributed by atoms with van der Waals surface area (Å²) in [5.41, 5.74) is 5.36. The zero-order chi connectivity index (χ0) is 20.4. The van der Waals surface area contributed by atoms with Crippen molar-refractivity contribution in [3.8, 4) is 0 Å². The Balaban J connectivity index is 1.32. The average Bonchev–Trinajstić information content (AvgIpc) is 3.15. The number of para-hydroxylation sites is 1. The Morgan fingerprint density at radius 3 is 2.59 bits per heavy atom. The van der Waals surface area contributed by atoms with Crippen LogP contribution in [0.2, 0.25) is 0 Å². The highest BCUT2D eigenvalue weighted by Crippen LogP contribution is 2.25. The van der Waals surface area contributed by atoms with Gasteiger partial charge in [0.1, 0.15) is 0 Å². The quantitative estimate of drug-likeness (QED) is 0.636. The van der Waals surface area contributed by atoms with Gasteiger partial charge in [-0.1, -0.05) is 42.0 Å². The average molecular weight is 389 g/mol. The first-order valence-electron chi connectivity index (χ1n) is 10.5. The fourth-order valence-corrected chi connectivity index (χ4v) is 4.44. The Hall–Kier alpha value is -2.88. The van der Waals surface area contributed by atoms with Crippen LogP contribution in [0.1, 0.15) is 46.3 Å². The molecule has 1 fully saturated rings. The van der Waals surface area contributed by atoms with E-state index in [1.165, 1.54) is 16.5 Å². The van der Waals surface area contributed by atoms with Gasteiger partial charge in [0.05, 0.1) is 0 Å². The Kier molecular flexibility index (Phi) is 5.52. The second kappa shape index (κ2) is 8.24. The molecule has 1 aliphatic rings. The lowest BCUT2D eigenvalue weighted by Gasteiger charge is -2.31. The number of Topliss-reactive ketones (excluding diaryl/α,β-unsaturated/α-hetero) is 1. The number of fused-ring (bicyclic) bond motifs is 1. The summed E-state index contributed by atoms with van der Waals surface area (Å²) in [5.74, 6) is 0.440. The molecule has 0 spiro atoms. The van der Waals surface area contributed by atoms with E-state index in [0.717, 1.165) is 35.9 Å². The molecule has 0 aliphatic carbocycles. The van der Waals surface area contributed by atoms with Crippen molar-refractivity contribution in [2.24, 2.45) is 5.92 Å². The fraction of sp³-hybridized carbons (Fsp3) is 0.360. The largest absolute Gasteiger partial charge is 0.361 e. The van der Waals surface area contributed by atoms with Crippen LogP contribution in [0.15, 0.2) is 48.7 Å². The van der Waals surface area contributed by atoms with Gasteiger partial charge in [-0.2, -0.15) is 0 Å². The lowest BCUT2D eigenvalue weighted by atomic mass is 9.87. The van der Waals surface area contributed by atoms with Crippen molar-refractivity contribution in [3.63, 3.8) is 0 Å². The Bertz CT molecular complexity index is 1040. The van der Waals surface area contributed by atoms with E-state index in [2.05, 4.69) is 23.2 Å². The number of nitrogens with one attached hydrogen (secondary N) is 1. The van der Waals surface area contributed by atoms with E-state index in [1.54, 1.807) is 0 Å². The summed E-state index contributed by atoms with van der Waals surface area (Å²) in [6.45, 7) is 5.40. The lowest BCUT2D eigenvalue weighted by molar-refractivity contribution is -0.132. The number of piperidine rings is 1. The third kappa shape index (κ3) is 4.12. The first kappa shape index (κ1) is 19.4. The molecule has 0 bridgehead atoms. The zero-order valence-corrected chi connectivity index (χ0v) is 17.2. The van der Waals surface area contributed by atoms with E-state index in [4.69, 9.17) is 0 Å². The van der Waals surface area contributed by atoms with E-state index >= 15 is 0 Å². The molecule has 4 nitrogen and oxygen atoms in total. The van der Waals surface area contributed by atoms with Crippen molar-refractivity contribution in [3.05, 3.63) is 70.9 Å². The third-order valence-corrected chi connectivity index (χ3v) is 6.15. The molecule has 0 unspecified atom stereocenters.